The van der Waals surface area contributed by atoms with E-state index < -0.39 is 12.1 Å². The van der Waals surface area contributed by atoms with Crippen LogP contribution in [0.3, 0.4) is 0 Å². The van der Waals surface area contributed by atoms with E-state index in [0.717, 1.165) is 19.5 Å². The van der Waals surface area contributed by atoms with Crippen LogP contribution in [-0.2, 0) is 4.79 Å². The molecule has 3 nitrogen and oxygen atoms in total. The average Bonchev–Trinajstić information content (AvgIpc) is 2.45. The molecule has 1 amide bonds. The minimum absolute atomic E-state index is 0.0776. The SMILES string of the molecule is O=C(NCC1=CCNCC1)C1CCC(C(F)(F)F)CC1. The van der Waals surface area contributed by atoms with Crippen LogP contribution in [0.25, 0.3) is 0 Å². The Kier molecular flexibility index (Phi) is 5.07. The molecule has 20 heavy (non-hydrogen) atoms. The number of hydrogen-bond donors (Lipinski definition) is 2. The van der Waals surface area contributed by atoms with E-state index in [1.54, 1.807) is 0 Å². The summed E-state index contributed by atoms with van der Waals surface area (Å²) in [5.41, 5.74) is 1.20. The molecule has 1 heterocycles. The molecule has 2 N–H and O–H groups in total. The van der Waals surface area contributed by atoms with Gasteiger partial charge in [0.1, 0.15) is 0 Å². The number of carbonyl (C=O) groups is 1. The molecule has 0 radical (unpaired) electrons. The molecule has 2 aliphatic rings. The van der Waals surface area contributed by atoms with Crippen LogP contribution >= 0.6 is 0 Å². The van der Waals surface area contributed by atoms with Gasteiger partial charge in [0, 0.05) is 19.0 Å². The Morgan fingerprint density at radius 1 is 1.30 bits per heavy atom. The lowest BCUT2D eigenvalue weighted by atomic mass is 9.81. The molecule has 6 heteroatoms. The average molecular weight is 290 g/mol. The summed E-state index contributed by atoms with van der Waals surface area (Å²) < 4.78 is 37.6. The zero-order valence-electron chi connectivity index (χ0n) is 11.4. The molecule has 0 saturated heterocycles. The van der Waals surface area contributed by atoms with Crippen molar-refractivity contribution in [2.75, 3.05) is 19.6 Å². The van der Waals surface area contributed by atoms with Gasteiger partial charge in [0.15, 0.2) is 0 Å². The van der Waals surface area contributed by atoms with Gasteiger partial charge < -0.3 is 10.6 Å². The van der Waals surface area contributed by atoms with E-state index in [1.165, 1.54) is 5.57 Å². The topological polar surface area (TPSA) is 41.1 Å². The standard InChI is InChI=1S/C14H21F3N2O/c15-14(16,17)12-3-1-11(2-4-12)13(20)19-9-10-5-7-18-8-6-10/h5,11-12,18H,1-4,6-9H2,(H,19,20). The van der Waals surface area contributed by atoms with Crippen LogP contribution in [0.2, 0.25) is 0 Å². The highest BCUT2D eigenvalue weighted by Crippen LogP contribution is 2.39. The third kappa shape index (κ3) is 4.23. The summed E-state index contributed by atoms with van der Waals surface area (Å²) in [6.45, 7) is 2.26. The van der Waals surface area contributed by atoms with Crippen molar-refractivity contribution in [2.45, 2.75) is 38.3 Å². The highest BCUT2D eigenvalue weighted by molar-refractivity contribution is 5.78. The quantitative estimate of drug-likeness (QED) is 0.784. The summed E-state index contributed by atoms with van der Waals surface area (Å²) >= 11 is 0. The van der Waals surface area contributed by atoms with Gasteiger partial charge in [-0.3, -0.25) is 4.79 Å². The van der Waals surface area contributed by atoms with Crippen LogP contribution in [-0.4, -0.2) is 31.7 Å². The fourth-order valence-electron chi connectivity index (χ4n) is 2.86. The first kappa shape index (κ1) is 15.4. The maximum Gasteiger partial charge on any atom is 0.391 e. The number of amides is 1. The Balaban J connectivity index is 1.73. The Labute approximate surface area is 117 Å². The molecule has 0 unspecified atom stereocenters. The minimum Gasteiger partial charge on any atom is -0.352 e. The second kappa shape index (κ2) is 6.61. The molecule has 114 valence electrons. The lowest BCUT2D eigenvalue weighted by Crippen LogP contribution is -2.37. The van der Waals surface area contributed by atoms with E-state index in [9.17, 15) is 18.0 Å². The van der Waals surface area contributed by atoms with Crippen molar-refractivity contribution in [2.24, 2.45) is 11.8 Å². The highest BCUT2D eigenvalue weighted by Gasteiger charge is 2.42. The van der Waals surface area contributed by atoms with Crippen LogP contribution < -0.4 is 10.6 Å². The van der Waals surface area contributed by atoms with E-state index in [-0.39, 0.29) is 24.7 Å². The van der Waals surface area contributed by atoms with Crippen molar-refractivity contribution in [1.29, 1.82) is 0 Å². The largest absolute Gasteiger partial charge is 0.391 e. The molecule has 1 fully saturated rings. The van der Waals surface area contributed by atoms with Crippen molar-refractivity contribution in [3.05, 3.63) is 11.6 Å². The molecule has 0 atom stereocenters. The maximum absolute atomic E-state index is 12.5. The molecule has 2 rings (SSSR count). The van der Waals surface area contributed by atoms with Crippen molar-refractivity contribution < 1.29 is 18.0 Å². The van der Waals surface area contributed by atoms with Crippen LogP contribution in [0.4, 0.5) is 13.2 Å². The summed E-state index contributed by atoms with van der Waals surface area (Å²) in [7, 11) is 0. The molecule has 0 aromatic carbocycles. The zero-order chi connectivity index (χ0) is 14.6. The molecular weight excluding hydrogens is 269 g/mol. The number of hydrogen-bond acceptors (Lipinski definition) is 2. The summed E-state index contributed by atoms with van der Waals surface area (Å²) in [4.78, 5) is 12.0. The number of nitrogens with one attached hydrogen (secondary N) is 2. The smallest absolute Gasteiger partial charge is 0.352 e. The van der Waals surface area contributed by atoms with Gasteiger partial charge in [-0.15, -0.1) is 0 Å². The molecule has 1 saturated carbocycles. The summed E-state index contributed by atoms with van der Waals surface area (Å²) in [5.74, 6) is -1.57. The lowest BCUT2D eigenvalue weighted by Gasteiger charge is -2.29. The Morgan fingerprint density at radius 3 is 2.55 bits per heavy atom. The van der Waals surface area contributed by atoms with Gasteiger partial charge in [0.05, 0.1) is 5.92 Å². The second-order valence-corrected chi connectivity index (χ2v) is 5.62. The minimum atomic E-state index is -4.11. The van der Waals surface area contributed by atoms with E-state index in [2.05, 4.69) is 16.7 Å². The number of halogens is 3. The maximum atomic E-state index is 12.5. The molecule has 0 aromatic rings. The van der Waals surface area contributed by atoms with E-state index >= 15 is 0 Å². The first-order chi connectivity index (χ1) is 9.47. The van der Waals surface area contributed by atoms with Gasteiger partial charge in [-0.05, 0) is 38.6 Å². The van der Waals surface area contributed by atoms with Gasteiger partial charge in [0.25, 0.3) is 0 Å². The van der Waals surface area contributed by atoms with Crippen molar-refractivity contribution in [3.63, 3.8) is 0 Å². The molecule has 0 spiro atoms. The van der Waals surface area contributed by atoms with Crippen LogP contribution in [0.5, 0.6) is 0 Å². The monoisotopic (exact) mass is 290 g/mol. The Hall–Kier alpha value is -1.04. The molecule has 1 aliphatic heterocycles. The summed E-state index contributed by atoms with van der Waals surface area (Å²) in [5, 5.41) is 6.05. The second-order valence-electron chi connectivity index (χ2n) is 5.62. The molecular formula is C14H21F3N2O. The Morgan fingerprint density at radius 2 is 2.00 bits per heavy atom. The van der Waals surface area contributed by atoms with Crippen LogP contribution in [0, 0.1) is 11.8 Å². The summed E-state index contributed by atoms with van der Waals surface area (Å²) in [6, 6.07) is 0. The van der Waals surface area contributed by atoms with Crippen molar-refractivity contribution in [1.82, 2.24) is 10.6 Å². The molecule has 1 aliphatic carbocycles. The lowest BCUT2D eigenvalue weighted by molar-refractivity contribution is -0.184. The van der Waals surface area contributed by atoms with Crippen molar-refractivity contribution in [3.8, 4) is 0 Å². The predicted molar refractivity (Wildman–Crippen MR) is 70.1 cm³/mol. The van der Waals surface area contributed by atoms with Gasteiger partial charge in [-0.1, -0.05) is 11.6 Å². The van der Waals surface area contributed by atoms with E-state index in [1.807, 2.05) is 0 Å². The van der Waals surface area contributed by atoms with Crippen LogP contribution in [0.1, 0.15) is 32.1 Å². The van der Waals surface area contributed by atoms with Gasteiger partial charge in [0.2, 0.25) is 5.91 Å². The third-order valence-corrected chi connectivity index (χ3v) is 4.21. The number of alkyl halides is 3. The van der Waals surface area contributed by atoms with Crippen molar-refractivity contribution >= 4 is 5.91 Å². The number of rotatable bonds is 3. The highest BCUT2D eigenvalue weighted by atomic mass is 19.4. The third-order valence-electron chi connectivity index (χ3n) is 4.21. The van der Waals surface area contributed by atoms with Crippen LogP contribution in [0.15, 0.2) is 11.6 Å². The fourth-order valence-corrected chi connectivity index (χ4v) is 2.86. The molecule has 0 bridgehead atoms. The normalized spacial score (nSPS) is 27.9. The van der Waals surface area contributed by atoms with Gasteiger partial charge in [-0.25, -0.2) is 0 Å². The zero-order valence-corrected chi connectivity index (χ0v) is 11.4. The van der Waals surface area contributed by atoms with Gasteiger partial charge >= 0.3 is 6.18 Å². The summed E-state index contributed by atoms with van der Waals surface area (Å²) in [6.07, 6.45) is -0.289. The van der Waals surface area contributed by atoms with E-state index in [0.29, 0.717) is 19.4 Å². The molecule has 0 aromatic heterocycles. The fraction of sp³-hybridized carbons (Fsp3) is 0.786. The number of carbonyl (C=O) groups excluding carboxylic acids is 1. The van der Waals surface area contributed by atoms with E-state index in [4.69, 9.17) is 0 Å². The Bertz CT molecular complexity index is 371. The first-order valence-electron chi connectivity index (χ1n) is 7.20. The first-order valence-corrected chi connectivity index (χ1v) is 7.20. The predicted octanol–water partition coefficient (Wildman–Crippen LogP) is 2.39. The van der Waals surface area contributed by atoms with Gasteiger partial charge in [-0.2, -0.15) is 13.2 Å².